The molecule has 0 atom stereocenters. The summed E-state index contributed by atoms with van der Waals surface area (Å²) in [6.45, 7) is 16.6. The van der Waals surface area contributed by atoms with E-state index < -0.39 is 60.6 Å². The Morgan fingerprint density at radius 1 is 0.575 bits per heavy atom. The Labute approximate surface area is 463 Å². The first-order chi connectivity index (χ1) is 39.8. The summed E-state index contributed by atoms with van der Waals surface area (Å²) in [7, 11) is 0. The first-order valence-corrected chi connectivity index (χ1v) is 24.0. The first kappa shape index (κ1) is 35.7. The van der Waals surface area contributed by atoms with Gasteiger partial charge in [0.25, 0.3) is 6.33 Å². The molecular weight excluding hydrogens is 1070 g/mol. The van der Waals surface area contributed by atoms with Gasteiger partial charge in [-0.3, -0.25) is 4.57 Å². The van der Waals surface area contributed by atoms with Gasteiger partial charge in [0.2, 0.25) is 0 Å². The third kappa shape index (κ3) is 9.37. The van der Waals surface area contributed by atoms with E-state index in [1.807, 2.05) is 88.0 Å². The molecule has 3 aromatic heterocycles. The quantitative estimate of drug-likeness (QED) is 0.112. The molecule has 0 fully saturated rings. The molecule has 3 heterocycles. The zero-order valence-corrected chi connectivity index (χ0v) is 44.3. The molecule has 73 heavy (non-hydrogen) atoms. The second-order valence-corrected chi connectivity index (χ2v) is 21.3. The van der Waals surface area contributed by atoms with E-state index in [-0.39, 0.29) is 72.1 Å². The van der Waals surface area contributed by atoms with Crippen molar-refractivity contribution in [2.75, 3.05) is 0 Å². The smallest absolute Gasteiger partial charge is 0.268 e. The van der Waals surface area contributed by atoms with Gasteiger partial charge in [-0.15, -0.1) is 29.7 Å². The molecule has 0 spiro atoms. The van der Waals surface area contributed by atoms with Crippen LogP contribution in [-0.2, 0) is 37.3 Å². The fourth-order valence-electron chi connectivity index (χ4n) is 9.33. The van der Waals surface area contributed by atoms with Gasteiger partial charge >= 0.3 is 0 Å². The molecular formula is C67H60N4OPt-2. The molecule has 5 nitrogen and oxygen atoms in total. The van der Waals surface area contributed by atoms with Crippen molar-refractivity contribution < 1.29 is 48.2 Å². The van der Waals surface area contributed by atoms with E-state index in [0.717, 1.165) is 55.3 Å². The average Bonchev–Trinajstić information content (AvgIpc) is 1.62. The Hall–Kier alpha value is -7.33. The summed E-state index contributed by atoms with van der Waals surface area (Å²) in [5, 5.41) is 1.59. The zero-order valence-electron chi connectivity index (χ0n) is 55.1. The minimum Gasteiger partial charge on any atom is -0.510 e. The minimum absolute atomic E-state index is 0. The summed E-state index contributed by atoms with van der Waals surface area (Å²) >= 11 is 0. The fourth-order valence-corrected chi connectivity index (χ4v) is 9.33. The topological polar surface area (TPSA) is 35.9 Å². The summed E-state index contributed by atoms with van der Waals surface area (Å²) in [5.41, 5.74) is 7.73. The van der Waals surface area contributed by atoms with Crippen molar-refractivity contribution in [3.8, 4) is 62.1 Å². The van der Waals surface area contributed by atoms with Crippen LogP contribution in [0.2, 0.25) is 0 Å². The molecule has 0 unspecified atom stereocenters. The van der Waals surface area contributed by atoms with Gasteiger partial charge < -0.3 is 13.9 Å². The molecule has 0 aliphatic rings. The standard InChI is InChI=1S/C67H60N4O.Pt/c1-44-34-63(68-42-57(44)46-24-15-12-16-25-46)71-59-29-18-17-28-54(59)55-33-32-53(41-62(55)71)72-52-27-21-26-51(40-52)69-43-70(61-31-20-19-30-60(61)69)64-56(48-35-49(65(2,3)4)39-50(36-48)66(5,6)7)37-47(38-58(64)67(8,9)10)45-22-13-11-14-23-45;/h11-39,42H,1-10H3;/q-2;/i1D3,11D,12D,13D,14D,15D,16D,22D,23D,24D,25D;. The summed E-state index contributed by atoms with van der Waals surface area (Å²) in [4.78, 5) is 4.71. The second-order valence-electron chi connectivity index (χ2n) is 21.3. The zero-order chi connectivity index (χ0) is 61.3. The van der Waals surface area contributed by atoms with Crippen LogP contribution in [0.3, 0.4) is 0 Å². The molecule has 0 aliphatic heterocycles. The molecule has 0 saturated carbocycles. The van der Waals surface area contributed by atoms with Crippen molar-refractivity contribution in [1.82, 2.24) is 14.1 Å². The van der Waals surface area contributed by atoms with Gasteiger partial charge in [-0.2, -0.15) is 18.2 Å². The van der Waals surface area contributed by atoms with Gasteiger partial charge in [-0.1, -0.05) is 195 Å². The molecule has 0 aliphatic carbocycles. The van der Waals surface area contributed by atoms with Gasteiger partial charge in [-0.05, 0) is 102 Å². The summed E-state index contributed by atoms with van der Waals surface area (Å²) in [6.07, 6.45) is 4.97. The van der Waals surface area contributed by atoms with Crippen LogP contribution in [-0.4, -0.2) is 14.1 Å². The van der Waals surface area contributed by atoms with Gasteiger partial charge in [0, 0.05) is 54.0 Å². The van der Waals surface area contributed by atoms with Crippen LogP contribution in [0.1, 0.15) is 102 Å². The fraction of sp³-hybridized carbons (Fsp3) is 0.194. The van der Waals surface area contributed by atoms with Crippen molar-refractivity contribution in [2.24, 2.45) is 0 Å². The van der Waals surface area contributed by atoms with Gasteiger partial charge in [0.15, 0.2) is 0 Å². The predicted molar refractivity (Wildman–Crippen MR) is 297 cm³/mol. The molecule has 0 radical (unpaired) electrons. The Morgan fingerprint density at radius 2 is 1.23 bits per heavy atom. The predicted octanol–water partition coefficient (Wildman–Crippen LogP) is 16.8. The number of nitrogens with zero attached hydrogens (tertiary/aromatic N) is 4. The number of aromatic nitrogens is 4. The van der Waals surface area contributed by atoms with Crippen LogP contribution in [0.5, 0.6) is 11.5 Å². The van der Waals surface area contributed by atoms with Crippen LogP contribution in [0.25, 0.3) is 83.4 Å². The second kappa shape index (κ2) is 18.9. The molecule has 0 bridgehead atoms. The Morgan fingerprint density at radius 3 is 1.92 bits per heavy atom. The van der Waals surface area contributed by atoms with Crippen LogP contribution in [0, 0.1) is 25.3 Å². The molecule has 0 amide bonds. The van der Waals surface area contributed by atoms with E-state index >= 15 is 0 Å². The molecule has 0 saturated heterocycles. The van der Waals surface area contributed by atoms with Crippen LogP contribution < -0.4 is 9.30 Å². The monoisotopic (exact) mass is 1140 g/mol. The van der Waals surface area contributed by atoms with Gasteiger partial charge in [0.05, 0.1) is 30.4 Å². The average molecular weight is 1150 g/mol. The number of imidazole rings is 1. The van der Waals surface area contributed by atoms with Crippen LogP contribution in [0.4, 0.5) is 0 Å². The van der Waals surface area contributed by atoms with Crippen molar-refractivity contribution in [3.05, 3.63) is 223 Å². The Balaban J connectivity index is 0.00000820. The van der Waals surface area contributed by atoms with E-state index in [1.165, 1.54) is 12.3 Å². The SMILES string of the molecule is [2H]c1c([2H])c([2H])c(-c2cc(-c3cc(C(C)(C)C)cc(C(C)(C)C)c3)c(-[n+]3[c-]n(-c4[c-]c(Oc5[c-]c6c(cc5)c5ccccc5n6-c5cc(C([2H])([2H])[2H])c(-c6c([2H])c([2H])c([2H])c([2H])c6[2H])cn5)ccc4)c4ccccc43)c(C(C)(C)C)c2)c([2H])c1[2H].[Pt]. The minimum atomic E-state index is -2.79. The molecule has 11 rings (SSSR count). The van der Waals surface area contributed by atoms with Crippen molar-refractivity contribution in [3.63, 3.8) is 0 Å². The third-order valence-electron chi connectivity index (χ3n) is 13.1. The van der Waals surface area contributed by atoms with Gasteiger partial charge in [0.1, 0.15) is 5.82 Å². The van der Waals surface area contributed by atoms with Crippen molar-refractivity contribution >= 4 is 32.8 Å². The number of pyridine rings is 1. The van der Waals surface area contributed by atoms with Crippen LogP contribution in [0.15, 0.2) is 182 Å². The van der Waals surface area contributed by atoms with E-state index in [0.29, 0.717) is 33.8 Å². The van der Waals surface area contributed by atoms with E-state index in [1.54, 1.807) is 16.7 Å². The maximum atomic E-state index is 9.16. The number of fused-ring (bicyclic) bond motifs is 4. The largest absolute Gasteiger partial charge is 0.510 e. The number of aryl methyl sites for hydroxylation is 1. The third-order valence-corrected chi connectivity index (χ3v) is 13.1. The maximum absolute atomic E-state index is 9.16. The number of rotatable bonds is 8. The molecule has 366 valence electrons. The van der Waals surface area contributed by atoms with Crippen molar-refractivity contribution in [2.45, 2.75) is 85.4 Å². The van der Waals surface area contributed by atoms with E-state index in [2.05, 4.69) is 99.0 Å². The summed E-state index contributed by atoms with van der Waals surface area (Å²) in [5.74, 6) is 0.836. The number of hydrogen-bond donors (Lipinski definition) is 0. The van der Waals surface area contributed by atoms with Crippen molar-refractivity contribution in [1.29, 1.82) is 0 Å². The number of ether oxygens (including phenoxy) is 1. The summed E-state index contributed by atoms with van der Waals surface area (Å²) < 4.78 is 124. The van der Waals surface area contributed by atoms with Crippen LogP contribution >= 0.6 is 0 Å². The molecule has 8 aromatic carbocycles. The normalized spacial score (nSPS) is 14.8. The molecule has 11 aromatic rings. The van der Waals surface area contributed by atoms with Gasteiger partial charge in [-0.25, -0.2) is 4.98 Å². The van der Waals surface area contributed by atoms with E-state index in [4.69, 9.17) is 27.5 Å². The molecule has 0 N–H and O–H groups in total. The van der Waals surface area contributed by atoms with E-state index in [9.17, 15) is 0 Å². The summed E-state index contributed by atoms with van der Waals surface area (Å²) in [6, 6.07) is 38.8. The Kier molecular flexibility index (Phi) is 9.27. The number of para-hydroxylation sites is 3. The molecule has 6 heteroatoms. The Bertz CT molecular complexity index is 4490. The number of benzene rings is 8. The first-order valence-electron chi connectivity index (χ1n) is 30.5. The maximum Gasteiger partial charge on any atom is 0.268 e. The number of hydrogen-bond acceptors (Lipinski definition) is 2.